The number of benzene rings is 1. The Kier molecular flexibility index (Phi) is 3.60. The van der Waals surface area contributed by atoms with Crippen LogP contribution in [0.1, 0.15) is 5.56 Å². The average molecular weight is 223 g/mol. The van der Waals surface area contributed by atoms with Gasteiger partial charge >= 0.3 is 5.97 Å². The van der Waals surface area contributed by atoms with Crippen molar-refractivity contribution >= 4 is 17.7 Å². The van der Waals surface area contributed by atoms with Crippen molar-refractivity contribution in [3.05, 3.63) is 45.7 Å². The second-order valence-electron chi connectivity index (χ2n) is 2.84. The Bertz CT molecular complexity index is 452. The van der Waals surface area contributed by atoms with Crippen LogP contribution in [0, 0.1) is 10.1 Å². The Morgan fingerprint density at radius 2 is 2.12 bits per heavy atom. The van der Waals surface area contributed by atoms with E-state index in [1.807, 2.05) is 0 Å². The van der Waals surface area contributed by atoms with Gasteiger partial charge in [-0.2, -0.15) is 0 Å². The summed E-state index contributed by atoms with van der Waals surface area (Å²) in [7, 11) is 1.10. The number of nitro benzene ring substituents is 1. The van der Waals surface area contributed by atoms with Crippen LogP contribution in [0.3, 0.4) is 0 Å². The van der Waals surface area contributed by atoms with Crippen molar-refractivity contribution in [2.75, 3.05) is 7.11 Å². The standard InChI is InChI=1S/C10H9NO5/c1-16-10(13)9(12)6-7-4-2-3-5-8(7)11(14)15/h2-6,12H,1H3/b9-6-. The van der Waals surface area contributed by atoms with Gasteiger partial charge < -0.3 is 9.84 Å². The van der Waals surface area contributed by atoms with Gasteiger partial charge in [0.05, 0.1) is 17.6 Å². The highest BCUT2D eigenvalue weighted by atomic mass is 16.6. The number of aliphatic hydroxyl groups is 1. The number of aliphatic hydroxyl groups excluding tert-OH is 1. The van der Waals surface area contributed by atoms with Gasteiger partial charge in [0.1, 0.15) is 0 Å². The van der Waals surface area contributed by atoms with Crippen molar-refractivity contribution < 1.29 is 19.6 Å². The Hall–Kier alpha value is -2.37. The molecule has 1 rings (SSSR count). The first kappa shape index (κ1) is 11.7. The van der Waals surface area contributed by atoms with Gasteiger partial charge in [0.15, 0.2) is 0 Å². The zero-order valence-electron chi connectivity index (χ0n) is 8.41. The third kappa shape index (κ3) is 2.57. The van der Waals surface area contributed by atoms with Crippen LogP contribution in [-0.4, -0.2) is 23.1 Å². The van der Waals surface area contributed by atoms with Crippen LogP contribution in [0.4, 0.5) is 5.69 Å². The number of hydrogen-bond acceptors (Lipinski definition) is 5. The van der Waals surface area contributed by atoms with Crippen molar-refractivity contribution in [3.63, 3.8) is 0 Å². The largest absolute Gasteiger partial charge is 0.502 e. The number of rotatable bonds is 3. The molecule has 0 aliphatic rings. The molecule has 1 N–H and O–H groups in total. The van der Waals surface area contributed by atoms with Crippen LogP contribution in [0.15, 0.2) is 30.0 Å². The number of nitrogens with zero attached hydrogens (tertiary/aromatic N) is 1. The van der Waals surface area contributed by atoms with Gasteiger partial charge in [-0.15, -0.1) is 0 Å². The summed E-state index contributed by atoms with van der Waals surface area (Å²) in [6.45, 7) is 0. The summed E-state index contributed by atoms with van der Waals surface area (Å²) in [4.78, 5) is 20.9. The molecule has 6 heteroatoms. The second kappa shape index (κ2) is 4.92. The molecule has 1 aromatic carbocycles. The molecule has 0 saturated carbocycles. The van der Waals surface area contributed by atoms with Gasteiger partial charge in [-0.3, -0.25) is 10.1 Å². The second-order valence-corrected chi connectivity index (χ2v) is 2.84. The third-order valence-electron chi connectivity index (χ3n) is 1.82. The van der Waals surface area contributed by atoms with Crippen LogP contribution in [0.2, 0.25) is 0 Å². The maximum absolute atomic E-state index is 10.9. The van der Waals surface area contributed by atoms with E-state index in [9.17, 15) is 20.0 Å². The Balaban J connectivity index is 3.14. The monoisotopic (exact) mass is 223 g/mol. The predicted molar refractivity (Wildman–Crippen MR) is 55.7 cm³/mol. The molecule has 0 atom stereocenters. The van der Waals surface area contributed by atoms with E-state index in [0.29, 0.717) is 0 Å². The maximum atomic E-state index is 10.9. The molecule has 6 nitrogen and oxygen atoms in total. The molecule has 0 saturated heterocycles. The molecule has 0 aliphatic heterocycles. The Labute approximate surface area is 90.9 Å². The molecular formula is C10H9NO5. The number of hydrogen-bond donors (Lipinski definition) is 1. The number of ether oxygens (including phenoxy) is 1. The number of carbonyl (C=O) groups excluding carboxylic acids is 1. The predicted octanol–water partition coefficient (Wildman–Crippen LogP) is 1.67. The minimum atomic E-state index is -0.946. The summed E-state index contributed by atoms with van der Waals surface area (Å²) >= 11 is 0. The molecule has 16 heavy (non-hydrogen) atoms. The maximum Gasteiger partial charge on any atom is 0.373 e. The van der Waals surface area contributed by atoms with Gasteiger partial charge in [0.25, 0.3) is 5.69 Å². The molecule has 1 aromatic rings. The number of methoxy groups -OCH3 is 1. The van der Waals surface area contributed by atoms with Crippen molar-refractivity contribution in [2.45, 2.75) is 0 Å². The fourth-order valence-corrected chi connectivity index (χ4v) is 1.09. The highest BCUT2D eigenvalue weighted by molar-refractivity contribution is 5.91. The summed E-state index contributed by atoms with van der Waals surface area (Å²) in [5.74, 6) is -1.63. The van der Waals surface area contributed by atoms with Gasteiger partial charge in [0, 0.05) is 12.1 Å². The lowest BCUT2D eigenvalue weighted by Gasteiger charge is -1.99. The lowest BCUT2D eigenvalue weighted by atomic mass is 10.1. The third-order valence-corrected chi connectivity index (χ3v) is 1.82. The first-order valence-corrected chi connectivity index (χ1v) is 4.28. The summed E-state index contributed by atoms with van der Waals surface area (Å²) < 4.78 is 4.26. The van der Waals surface area contributed by atoms with E-state index >= 15 is 0 Å². The van der Waals surface area contributed by atoms with E-state index in [1.165, 1.54) is 18.2 Å². The molecule has 0 radical (unpaired) electrons. The molecule has 84 valence electrons. The molecular weight excluding hydrogens is 214 g/mol. The number of nitro groups is 1. The van der Waals surface area contributed by atoms with Crippen LogP contribution in [0.25, 0.3) is 6.08 Å². The van der Waals surface area contributed by atoms with Gasteiger partial charge in [0.2, 0.25) is 5.76 Å². The average Bonchev–Trinajstić information content (AvgIpc) is 2.28. The molecule has 0 amide bonds. The fraction of sp³-hybridized carbons (Fsp3) is 0.100. The van der Waals surface area contributed by atoms with E-state index in [2.05, 4.69) is 4.74 Å². The van der Waals surface area contributed by atoms with Gasteiger partial charge in [-0.05, 0) is 6.07 Å². The Morgan fingerprint density at radius 1 is 1.50 bits per heavy atom. The highest BCUT2D eigenvalue weighted by Crippen LogP contribution is 2.20. The molecule has 0 heterocycles. The molecule has 0 aliphatic carbocycles. The fourth-order valence-electron chi connectivity index (χ4n) is 1.09. The number of para-hydroxylation sites is 1. The van der Waals surface area contributed by atoms with E-state index in [-0.39, 0.29) is 11.3 Å². The van der Waals surface area contributed by atoms with Crippen LogP contribution >= 0.6 is 0 Å². The van der Waals surface area contributed by atoms with E-state index in [0.717, 1.165) is 13.2 Å². The summed E-state index contributed by atoms with van der Waals surface area (Å²) in [6, 6.07) is 5.74. The minimum absolute atomic E-state index is 0.135. The quantitative estimate of drug-likeness (QED) is 0.277. The van der Waals surface area contributed by atoms with Crippen molar-refractivity contribution in [1.29, 1.82) is 0 Å². The summed E-state index contributed by atoms with van der Waals surface area (Å²) in [5, 5.41) is 19.9. The van der Waals surface area contributed by atoms with Crippen LogP contribution in [-0.2, 0) is 9.53 Å². The smallest absolute Gasteiger partial charge is 0.373 e. The molecule has 0 bridgehead atoms. The first-order chi connectivity index (χ1) is 7.56. The number of esters is 1. The molecule has 0 fully saturated rings. The van der Waals surface area contributed by atoms with Gasteiger partial charge in [-0.25, -0.2) is 4.79 Å². The summed E-state index contributed by atoms with van der Waals surface area (Å²) in [5.41, 5.74) is -0.0617. The topological polar surface area (TPSA) is 89.7 Å². The zero-order valence-corrected chi connectivity index (χ0v) is 8.41. The highest BCUT2D eigenvalue weighted by Gasteiger charge is 2.13. The van der Waals surface area contributed by atoms with Gasteiger partial charge in [-0.1, -0.05) is 12.1 Å². The Morgan fingerprint density at radius 3 is 2.69 bits per heavy atom. The normalized spacial score (nSPS) is 10.9. The number of carbonyl (C=O) groups is 1. The van der Waals surface area contributed by atoms with E-state index < -0.39 is 16.7 Å². The zero-order chi connectivity index (χ0) is 12.1. The SMILES string of the molecule is COC(=O)/C(O)=C/c1ccccc1[N+](=O)[O-]. The van der Waals surface area contributed by atoms with Crippen molar-refractivity contribution in [3.8, 4) is 0 Å². The van der Waals surface area contributed by atoms with E-state index in [4.69, 9.17) is 0 Å². The molecule has 0 spiro atoms. The van der Waals surface area contributed by atoms with Crippen molar-refractivity contribution in [2.24, 2.45) is 0 Å². The van der Waals surface area contributed by atoms with E-state index in [1.54, 1.807) is 6.07 Å². The van der Waals surface area contributed by atoms with Crippen molar-refractivity contribution in [1.82, 2.24) is 0 Å². The lowest BCUT2D eigenvalue weighted by molar-refractivity contribution is -0.385. The van der Waals surface area contributed by atoms with Crippen LogP contribution in [0.5, 0.6) is 0 Å². The lowest BCUT2D eigenvalue weighted by Crippen LogP contribution is -2.03. The molecule has 0 aromatic heterocycles. The first-order valence-electron chi connectivity index (χ1n) is 4.28. The molecule has 0 unspecified atom stereocenters. The summed E-state index contributed by atoms with van der Waals surface area (Å²) in [6.07, 6.45) is 0.990. The minimum Gasteiger partial charge on any atom is -0.502 e. The van der Waals surface area contributed by atoms with Crippen LogP contribution < -0.4 is 0 Å².